The number of nitrogens with one attached hydrogen (secondary N) is 1. The molecule has 0 fully saturated rings. The Morgan fingerprint density at radius 2 is 1.93 bits per heavy atom. The van der Waals surface area contributed by atoms with Crippen molar-refractivity contribution in [1.29, 1.82) is 0 Å². The first-order chi connectivity index (χ1) is 13.6. The minimum Gasteiger partial charge on any atom is -0.483 e. The molecule has 5 nitrogen and oxygen atoms in total. The summed E-state index contributed by atoms with van der Waals surface area (Å²) in [6, 6.07) is 20.3. The van der Waals surface area contributed by atoms with Gasteiger partial charge in [-0.1, -0.05) is 29.8 Å². The van der Waals surface area contributed by atoms with E-state index in [1.165, 1.54) is 0 Å². The van der Waals surface area contributed by atoms with Crippen LogP contribution in [0.15, 0.2) is 71.1 Å². The van der Waals surface area contributed by atoms with Crippen LogP contribution < -0.4 is 10.1 Å². The quantitative estimate of drug-likeness (QED) is 0.488. The number of hydrogen-bond acceptors (Lipinski definition) is 4. The Kier molecular flexibility index (Phi) is 5.00. The summed E-state index contributed by atoms with van der Waals surface area (Å²) in [5, 5.41) is 3.44. The molecule has 0 atom stereocenters. The number of ether oxygens (including phenoxy) is 1. The molecule has 4 rings (SSSR count). The third kappa shape index (κ3) is 4.00. The normalized spacial score (nSPS) is 10.8. The first kappa shape index (κ1) is 18.1. The van der Waals surface area contributed by atoms with Crippen molar-refractivity contribution in [2.75, 3.05) is 11.9 Å². The number of hydrogen-bond donors (Lipinski definition) is 1. The van der Waals surface area contributed by atoms with Crippen LogP contribution in [-0.2, 0) is 4.79 Å². The maximum absolute atomic E-state index is 12.2. The highest BCUT2D eigenvalue weighted by atomic mass is 35.5. The number of benzene rings is 3. The average Bonchev–Trinajstić information content (AvgIpc) is 3.11. The highest BCUT2D eigenvalue weighted by Gasteiger charge is 2.10. The predicted molar refractivity (Wildman–Crippen MR) is 110 cm³/mol. The molecule has 0 radical (unpaired) electrons. The third-order valence-corrected chi connectivity index (χ3v) is 4.42. The van der Waals surface area contributed by atoms with E-state index in [1.807, 2.05) is 43.3 Å². The van der Waals surface area contributed by atoms with Crippen molar-refractivity contribution >= 4 is 34.3 Å². The molecule has 0 aliphatic heterocycles. The lowest BCUT2D eigenvalue weighted by molar-refractivity contribution is -0.118. The second-order valence-electron chi connectivity index (χ2n) is 6.31. The lowest BCUT2D eigenvalue weighted by Crippen LogP contribution is -2.20. The zero-order valence-electron chi connectivity index (χ0n) is 15.1. The molecule has 4 aromatic rings. The lowest BCUT2D eigenvalue weighted by atomic mass is 10.2. The standard InChI is InChI=1S/C22H17ClN2O3/c1-14-11-16(23)7-10-19(14)27-13-21(26)24-17-8-9-18-20(12-17)28-22(25-18)15-5-3-2-4-6-15/h2-12H,13H2,1H3,(H,24,26). The Balaban J connectivity index is 1.44. The highest BCUT2D eigenvalue weighted by Crippen LogP contribution is 2.26. The van der Waals surface area contributed by atoms with Gasteiger partial charge in [0.15, 0.2) is 12.2 Å². The van der Waals surface area contributed by atoms with E-state index in [-0.39, 0.29) is 12.5 Å². The summed E-state index contributed by atoms with van der Waals surface area (Å²) in [6.45, 7) is 1.77. The molecule has 6 heteroatoms. The topological polar surface area (TPSA) is 64.4 Å². The fraction of sp³-hybridized carbons (Fsp3) is 0.0909. The predicted octanol–water partition coefficient (Wildman–Crippen LogP) is 5.47. The summed E-state index contributed by atoms with van der Waals surface area (Å²) in [7, 11) is 0. The molecule has 0 aliphatic carbocycles. The van der Waals surface area contributed by atoms with E-state index in [0.29, 0.717) is 27.9 Å². The minimum atomic E-state index is -0.267. The molecule has 3 aromatic carbocycles. The molecular formula is C22H17ClN2O3. The molecule has 28 heavy (non-hydrogen) atoms. The van der Waals surface area contributed by atoms with E-state index in [4.69, 9.17) is 20.8 Å². The van der Waals surface area contributed by atoms with E-state index in [9.17, 15) is 4.79 Å². The van der Waals surface area contributed by atoms with Crippen molar-refractivity contribution < 1.29 is 13.9 Å². The van der Waals surface area contributed by atoms with Crippen molar-refractivity contribution in [3.63, 3.8) is 0 Å². The van der Waals surface area contributed by atoms with Crippen LogP contribution in [0.5, 0.6) is 5.75 Å². The van der Waals surface area contributed by atoms with Crippen LogP contribution >= 0.6 is 11.6 Å². The first-order valence-electron chi connectivity index (χ1n) is 8.73. The molecule has 140 valence electrons. The summed E-state index contributed by atoms with van der Waals surface area (Å²) >= 11 is 5.93. The van der Waals surface area contributed by atoms with Crippen LogP contribution in [0.25, 0.3) is 22.6 Å². The van der Waals surface area contributed by atoms with Gasteiger partial charge in [-0.2, -0.15) is 0 Å². The Bertz CT molecular complexity index is 1140. The number of fused-ring (bicyclic) bond motifs is 1. The monoisotopic (exact) mass is 392 g/mol. The number of halogens is 1. The van der Waals surface area contributed by atoms with Crippen LogP contribution in [0, 0.1) is 6.92 Å². The number of oxazole rings is 1. The summed E-state index contributed by atoms with van der Waals surface area (Å²) in [4.78, 5) is 16.7. The molecule has 1 amide bonds. The fourth-order valence-electron chi connectivity index (χ4n) is 2.82. The molecule has 0 spiro atoms. The van der Waals surface area contributed by atoms with Crippen molar-refractivity contribution in [2.45, 2.75) is 6.92 Å². The van der Waals surface area contributed by atoms with Gasteiger partial charge in [0.1, 0.15) is 11.3 Å². The van der Waals surface area contributed by atoms with E-state index < -0.39 is 0 Å². The van der Waals surface area contributed by atoms with Gasteiger partial charge in [-0.15, -0.1) is 0 Å². The molecule has 0 bridgehead atoms. The van der Waals surface area contributed by atoms with E-state index in [2.05, 4.69) is 10.3 Å². The number of aromatic nitrogens is 1. The van der Waals surface area contributed by atoms with E-state index in [0.717, 1.165) is 16.6 Å². The van der Waals surface area contributed by atoms with E-state index >= 15 is 0 Å². The number of aryl methyl sites for hydroxylation is 1. The summed E-state index contributed by atoms with van der Waals surface area (Å²) < 4.78 is 11.4. The molecule has 0 saturated heterocycles. The SMILES string of the molecule is Cc1cc(Cl)ccc1OCC(=O)Nc1ccc2nc(-c3ccccc3)oc2c1. The highest BCUT2D eigenvalue weighted by molar-refractivity contribution is 6.30. The third-order valence-electron chi connectivity index (χ3n) is 4.19. The van der Waals surface area contributed by atoms with Gasteiger partial charge in [0.25, 0.3) is 5.91 Å². The van der Waals surface area contributed by atoms with Gasteiger partial charge in [0.05, 0.1) is 0 Å². The maximum atomic E-state index is 12.2. The summed E-state index contributed by atoms with van der Waals surface area (Å²) in [5.74, 6) is 0.898. The van der Waals surface area contributed by atoms with Gasteiger partial charge in [0.2, 0.25) is 5.89 Å². The van der Waals surface area contributed by atoms with Crippen molar-refractivity contribution in [3.8, 4) is 17.2 Å². The smallest absolute Gasteiger partial charge is 0.262 e. The Morgan fingerprint density at radius 3 is 2.71 bits per heavy atom. The number of anilines is 1. The van der Waals surface area contributed by atoms with Gasteiger partial charge in [-0.3, -0.25) is 4.79 Å². The zero-order chi connectivity index (χ0) is 19.5. The molecular weight excluding hydrogens is 376 g/mol. The second-order valence-corrected chi connectivity index (χ2v) is 6.75. The molecule has 1 heterocycles. The molecule has 1 aromatic heterocycles. The molecule has 0 aliphatic rings. The van der Waals surface area contributed by atoms with Gasteiger partial charge < -0.3 is 14.5 Å². The van der Waals surface area contributed by atoms with Crippen LogP contribution in [0.1, 0.15) is 5.56 Å². The zero-order valence-corrected chi connectivity index (χ0v) is 15.9. The Labute approximate surface area is 166 Å². The van der Waals surface area contributed by atoms with Crippen LogP contribution in [0.3, 0.4) is 0 Å². The van der Waals surface area contributed by atoms with Crippen molar-refractivity contribution in [1.82, 2.24) is 4.98 Å². The average molecular weight is 393 g/mol. The summed E-state index contributed by atoms with van der Waals surface area (Å²) in [6.07, 6.45) is 0. The number of carbonyl (C=O) groups is 1. The molecule has 0 saturated carbocycles. The van der Waals surface area contributed by atoms with Crippen LogP contribution in [0.2, 0.25) is 5.02 Å². The van der Waals surface area contributed by atoms with Gasteiger partial charge in [0, 0.05) is 22.3 Å². The van der Waals surface area contributed by atoms with Gasteiger partial charge >= 0.3 is 0 Å². The Hall–Kier alpha value is -3.31. The summed E-state index contributed by atoms with van der Waals surface area (Å²) in [5.41, 5.74) is 3.72. The Morgan fingerprint density at radius 1 is 1.11 bits per heavy atom. The molecule has 1 N–H and O–H groups in total. The maximum Gasteiger partial charge on any atom is 0.262 e. The number of amides is 1. The van der Waals surface area contributed by atoms with Gasteiger partial charge in [-0.25, -0.2) is 4.98 Å². The number of rotatable bonds is 5. The lowest BCUT2D eigenvalue weighted by Gasteiger charge is -2.09. The second kappa shape index (κ2) is 7.74. The minimum absolute atomic E-state index is 0.105. The van der Waals surface area contributed by atoms with Crippen molar-refractivity contribution in [3.05, 3.63) is 77.3 Å². The largest absolute Gasteiger partial charge is 0.483 e. The van der Waals surface area contributed by atoms with Crippen LogP contribution in [-0.4, -0.2) is 17.5 Å². The number of carbonyl (C=O) groups excluding carboxylic acids is 1. The van der Waals surface area contributed by atoms with Crippen molar-refractivity contribution in [2.24, 2.45) is 0 Å². The van der Waals surface area contributed by atoms with Crippen LogP contribution in [0.4, 0.5) is 5.69 Å². The van der Waals surface area contributed by atoms with E-state index in [1.54, 1.807) is 30.3 Å². The van der Waals surface area contributed by atoms with Gasteiger partial charge in [-0.05, 0) is 55.0 Å². The molecule has 0 unspecified atom stereocenters. The number of nitrogens with zero attached hydrogens (tertiary/aromatic N) is 1. The first-order valence-corrected chi connectivity index (χ1v) is 9.11. The fourth-order valence-corrected chi connectivity index (χ4v) is 3.05.